The number of ether oxygens (including phenoxy) is 2. The fourth-order valence-corrected chi connectivity index (χ4v) is 2.89. The molecule has 28 heavy (non-hydrogen) atoms. The summed E-state index contributed by atoms with van der Waals surface area (Å²) < 4.78 is 16.7. The van der Waals surface area contributed by atoms with Crippen molar-refractivity contribution >= 4 is 29.9 Å². The molecule has 0 spiro atoms. The molecule has 0 amide bonds. The van der Waals surface area contributed by atoms with Crippen molar-refractivity contribution in [1.29, 1.82) is 0 Å². The summed E-state index contributed by atoms with van der Waals surface area (Å²) >= 11 is 0. The van der Waals surface area contributed by atoms with Gasteiger partial charge in [0.05, 0.1) is 6.54 Å². The van der Waals surface area contributed by atoms with Crippen LogP contribution in [0.2, 0.25) is 0 Å². The Morgan fingerprint density at radius 1 is 1.32 bits per heavy atom. The number of hydrogen-bond acceptors (Lipinski definition) is 6. The molecule has 9 heteroatoms. The van der Waals surface area contributed by atoms with Gasteiger partial charge in [0.1, 0.15) is 24.5 Å². The normalized spacial score (nSPS) is 16.7. The summed E-state index contributed by atoms with van der Waals surface area (Å²) in [7, 11) is 0. The van der Waals surface area contributed by atoms with E-state index in [-0.39, 0.29) is 36.2 Å². The van der Waals surface area contributed by atoms with Crippen LogP contribution in [0.5, 0.6) is 5.75 Å². The molecule has 1 aliphatic heterocycles. The second-order valence-corrected chi connectivity index (χ2v) is 6.27. The predicted molar refractivity (Wildman–Crippen MR) is 117 cm³/mol. The van der Waals surface area contributed by atoms with Gasteiger partial charge in [-0.2, -0.15) is 4.98 Å². The summed E-state index contributed by atoms with van der Waals surface area (Å²) in [4.78, 5) is 8.85. The van der Waals surface area contributed by atoms with Gasteiger partial charge in [0.25, 0.3) is 0 Å². The first-order valence-electron chi connectivity index (χ1n) is 9.40. The van der Waals surface area contributed by atoms with Gasteiger partial charge in [-0.15, -0.1) is 24.0 Å². The van der Waals surface area contributed by atoms with Crippen LogP contribution in [0, 0.1) is 0 Å². The van der Waals surface area contributed by atoms with Crippen molar-refractivity contribution in [2.75, 3.05) is 19.7 Å². The van der Waals surface area contributed by atoms with E-state index in [2.05, 4.69) is 31.8 Å². The molecule has 0 fully saturated rings. The third-order valence-electron chi connectivity index (χ3n) is 4.19. The number of nitrogens with zero attached hydrogens (tertiary/aromatic N) is 3. The van der Waals surface area contributed by atoms with Crippen molar-refractivity contribution in [3.8, 4) is 5.75 Å². The summed E-state index contributed by atoms with van der Waals surface area (Å²) in [5, 5.41) is 10.5. The van der Waals surface area contributed by atoms with E-state index >= 15 is 0 Å². The highest BCUT2D eigenvalue weighted by Crippen LogP contribution is 2.27. The summed E-state index contributed by atoms with van der Waals surface area (Å²) in [6, 6.07) is 8.13. The summed E-state index contributed by atoms with van der Waals surface area (Å²) in [5.41, 5.74) is 1.24. The highest BCUT2D eigenvalue weighted by atomic mass is 127. The Labute approximate surface area is 182 Å². The van der Waals surface area contributed by atoms with Crippen LogP contribution < -0.4 is 15.4 Å². The maximum absolute atomic E-state index is 5.95. The molecule has 2 aromatic rings. The number of fused-ring (bicyclic) bond motifs is 1. The number of guanidine groups is 1. The van der Waals surface area contributed by atoms with E-state index in [1.165, 1.54) is 5.56 Å². The Morgan fingerprint density at radius 3 is 2.89 bits per heavy atom. The topological polar surface area (TPSA) is 93.8 Å². The lowest BCUT2D eigenvalue weighted by Crippen LogP contribution is -2.42. The number of rotatable bonds is 8. The number of benzene rings is 1. The van der Waals surface area contributed by atoms with Gasteiger partial charge in [-0.1, -0.05) is 23.4 Å². The minimum Gasteiger partial charge on any atom is -0.488 e. The minimum atomic E-state index is -0.191. The Morgan fingerprint density at radius 2 is 2.14 bits per heavy atom. The van der Waals surface area contributed by atoms with E-state index in [1.807, 2.05) is 39.0 Å². The molecule has 2 heterocycles. The van der Waals surface area contributed by atoms with Crippen LogP contribution >= 0.6 is 24.0 Å². The van der Waals surface area contributed by atoms with E-state index < -0.39 is 0 Å². The summed E-state index contributed by atoms with van der Waals surface area (Å²) in [6.07, 6.45) is 0.794. The van der Waals surface area contributed by atoms with E-state index in [0.717, 1.165) is 18.7 Å². The molecule has 1 aromatic heterocycles. The van der Waals surface area contributed by atoms with Gasteiger partial charge in [-0.05, 0) is 32.4 Å². The molecular weight excluding hydrogens is 473 g/mol. The highest BCUT2D eigenvalue weighted by Gasteiger charge is 2.22. The monoisotopic (exact) mass is 501 g/mol. The van der Waals surface area contributed by atoms with E-state index in [9.17, 15) is 0 Å². The second kappa shape index (κ2) is 11.2. The standard InChI is InChI=1S/C19H27N5O3.HI/c1-4-20-19(21-11-15-10-14-8-6-7-9-16(14)26-15)22-12-17-23-18(24-27-17)13(3)25-5-2;/h6-9,13,15H,4-5,10-12H2,1-3H3,(H2,20,21,22);1H. The molecule has 3 rings (SSSR count). The van der Waals surface area contributed by atoms with Crippen LogP contribution in [0.3, 0.4) is 0 Å². The zero-order valence-electron chi connectivity index (χ0n) is 16.5. The Balaban J connectivity index is 0.00000280. The van der Waals surface area contributed by atoms with Crippen molar-refractivity contribution in [3.63, 3.8) is 0 Å². The number of halogens is 1. The minimum absolute atomic E-state index is 0. The Bertz CT molecular complexity index is 743. The zero-order chi connectivity index (χ0) is 19.1. The number of nitrogens with one attached hydrogen (secondary N) is 2. The first kappa shape index (κ1) is 22.4. The zero-order valence-corrected chi connectivity index (χ0v) is 18.8. The molecule has 2 unspecified atom stereocenters. The number of aromatic nitrogens is 2. The van der Waals surface area contributed by atoms with Crippen molar-refractivity contribution in [2.45, 2.75) is 45.9 Å². The maximum atomic E-state index is 5.95. The first-order valence-corrected chi connectivity index (χ1v) is 9.40. The van der Waals surface area contributed by atoms with E-state index in [1.54, 1.807) is 0 Å². The lowest BCUT2D eigenvalue weighted by molar-refractivity contribution is 0.0683. The quantitative estimate of drug-likeness (QED) is 0.327. The molecule has 0 saturated heterocycles. The molecule has 154 valence electrons. The van der Waals surface area contributed by atoms with Gasteiger partial charge in [0.2, 0.25) is 5.89 Å². The molecule has 0 radical (unpaired) electrons. The van der Waals surface area contributed by atoms with Crippen LogP contribution in [-0.2, 0) is 17.7 Å². The molecule has 1 aliphatic rings. The average molecular weight is 501 g/mol. The first-order chi connectivity index (χ1) is 13.2. The molecule has 0 bridgehead atoms. The van der Waals surface area contributed by atoms with E-state index in [4.69, 9.17) is 14.0 Å². The molecule has 0 aliphatic carbocycles. The number of aliphatic imine (C=N–C) groups is 1. The lowest BCUT2D eigenvalue weighted by atomic mass is 10.1. The second-order valence-electron chi connectivity index (χ2n) is 6.27. The van der Waals surface area contributed by atoms with Gasteiger partial charge in [0.15, 0.2) is 11.8 Å². The number of hydrogen-bond donors (Lipinski definition) is 2. The van der Waals surface area contributed by atoms with Gasteiger partial charge in [-0.25, -0.2) is 4.99 Å². The van der Waals surface area contributed by atoms with Crippen LogP contribution in [-0.4, -0.2) is 41.9 Å². The third-order valence-corrected chi connectivity index (χ3v) is 4.19. The predicted octanol–water partition coefficient (Wildman–Crippen LogP) is 2.84. The smallest absolute Gasteiger partial charge is 0.248 e. The molecule has 8 nitrogen and oxygen atoms in total. The van der Waals surface area contributed by atoms with Gasteiger partial charge < -0.3 is 24.6 Å². The fourth-order valence-electron chi connectivity index (χ4n) is 2.89. The van der Waals surface area contributed by atoms with Crippen LogP contribution in [0.1, 0.15) is 44.2 Å². The Hall–Kier alpha value is -1.88. The van der Waals surface area contributed by atoms with Crippen LogP contribution in [0.15, 0.2) is 33.8 Å². The number of para-hydroxylation sites is 1. The Kier molecular flexibility index (Phi) is 8.97. The van der Waals surface area contributed by atoms with Gasteiger partial charge in [-0.3, -0.25) is 0 Å². The van der Waals surface area contributed by atoms with Crippen LogP contribution in [0.25, 0.3) is 0 Å². The van der Waals surface area contributed by atoms with Crippen molar-refractivity contribution in [2.24, 2.45) is 4.99 Å². The average Bonchev–Trinajstić information content (AvgIpc) is 3.30. The SMILES string of the molecule is CCNC(=NCc1nc(C(C)OCC)no1)NCC1Cc2ccccc2O1.I. The van der Waals surface area contributed by atoms with Crippen molar-refractivity contribution in [3.05, 3.63) is 41.5 Å². The summed E-state index contributed by atoms with van der Waals surface area (Å²) in [6.45, 7) is 8.17. The molecular formula is C19H28IN5O3. The highest BCUT2D eigenvalue weighted by molar-refractivity contribution is 14.0. The van der Waals surface area contributed by atoms with E-state index in [0.29, 0.717) is 37.4 Å². The van der Waals surface area contributed by atoms with Gasteiger partial charge >= 0.3 is 0 Å². The molecule has 2 N–H and O–H groups in total. The molecule has 0 saturated carbocycles. The summed E-state index contributed by atoms with van der Waals surface area (Å²) in [5.74, 6) is 2.65. The fraction of sp³-hybridized carbons (Fsp3) is 0.526. The van der Waals surface area contributed by atoms with Gasteiger partial charge in [0, 0.05) is 19.6 Å². The lowest BCUT2D eigenvalue weighted by Gasteiger charge is -2.15. The van der Waals surface area contributed by atoms with Crippen molar-refractivity contribution < 1.29 is 14.0 Å². The van der Waals surface area contributed by atoms with Crippen LogP contribution in [0.4, 0.5) is 0 Å². The molecule has 1 aromatic carbocycles. The molecule has 2 atom stereocenters. The largest absolute Gasteiger partial charge is 0.488 e. The third kappa shape index (κ3) is 6.06. The van der Waals surface area contributed by atoms with Crippen molar-refractivity contribution in [1.82, 2.24) is 20.8 Å². The maximum Gasteiger partial charge on any atom is 0.248 e.